The van der Waals surface area contributed by atoms with Crippen molar-refractivity contribution in [1.82, 2.24) is 9.55 Å². The van der Waals surface area contributed by atoms with Crippen LogP contribution >= 0.6 is 0 Å². The number of rotatable bonds is 1. The van der Waals surface area contributed by atoms with Crippen LogP contribution in [0.4, 0.5) is 13.2 Å². The van der Waals surface area contributed by atoms with E-state index in [1.54, 1.807) is 19.9 Å². The van der Waals surface area contributed by atoms with Crippen molar-refractivity contribution in [3.8, 4) is 5.69 Å². The number of hydrogen-bond donors (Lipinski definition) is 0. The molecule has 0 saturated carbocycles. The lowest BCUT2D eigenvalue weighted by Gasteiger charge is -2.16. The third kappa shape index (κ3) is 2.05. The summed E-state index contributed by atoms with van der Waals surface area (Å²) in [6, 6.07) is 4.15. The monoisotopic (exact) mass is 240 g/mol. The third-order valence-electron chi connectivity index (χ3n) is 2.61. The molecule has 0 amide bonds. The average Bonchev–Trinajstić information content (AvgIpc) is 2.62. The Balaban J connectivity index is 2.73. The van der Waals surface area contributed by atoms with E-state index < -0.39 is 11.7 Å². The Bertz CT molecular complexity index is 541. The van der Waals surface area contributed by atoms with Crippen LogP contribution < -0.4 is 0 Å². The summed E-state index contributed by atoms with van der Waals surface area (Å²) in [6.07, 6.45) is -1.43. The first kappa shape index (κ1) is 11.7. The molecule has 2 rings (SSSR count). The molecule has 5 heteroatoms. The molecule has 17 heavy (non-hydrogen) atoms. The molecule has 1 heterocycles. The van der Waals surface area contributed by atoms with E-state index in [1.807, 2.05) is 0 Å². The molecule has 0 saturated heterocycles. The maximum absolute atomic E-state index is 12.9. The normalized spacial score (nSPS) is 11.8. The van der Waals surface area contributed by atoms with E-state index in [2.05, 4.69) is 4.98 Å². The maximum Gasteiger partial charge on any atom is 0.418 e. The average molecular weight is 240 g/mol. The van der Waals surface area contributed by atoms with Gasteiger partial charge in [0.15, 0.2) is 0 Å². The number of nitrogens with zero attached hydrogens (tertiary/aromatic N) is 2. The standard InChI is InChI=1S/C12H11F3N2/c1-8-4-3-5-10(12(13,14)15)11(8)17-7-16-6-9(17)2/h3-7H,1-2H3. The fraction of sp³-hybridized carbons (Fsp3) is 0.250. The Morgan fingerprint density at radius 2 is 1.88 bits per heavy atom. The molecule has 1 aromatic heterocycles. The van der Waals surface area contributed by atoms with E-state index in [4.69, 9.17) is 0 Å². The van der Waals surface area contributed by atoms with Crippen LogP contribution in [0.1, 0.15) is 16.8 Å². The topological polar surface area (TPSA) is 17.8 Å². The van der Waals surface area contributed by atoms with Gasteiger partial charge < -0.3 is 4.57 Å². The molecule has 0 radical (unpaired) electrons. The van der Waals surface area contributed by atoms with Gasteiger partial charge in [-0.05, 0) is 25.5 Å². The SMILES string of the molecule is Cc1cccc(C(F)(F)F)c1-n1cncc1C. The van der Waals surface area contributed by atoms with Gasteiger partial charge in [-0.1, -0.05) is 12.1 Å². The molecule has 0 spiro atoms. The highest BCUT2D eigenvalue weighted by molar-refractivity contribution is 5.49. The highest BCUT2D eigenvalue weighted by atomic mass is 19.4. The van der Waals surface area contributed by atoms with E-state index in [-0.39, 0.29) is 5.69 Å². The fourth-order valence-electron chi connectivity index (χ4n) is 1.80. The molecule has 2 nitrogen and oxygen atoms in total. The van der Waals surface area contributed by atoms with E-state index in [0.29, 0.717) is 11.3 Å². The maximum atomic E-state index is 12.9. The lowest BCUT2D eigenvalue weighted by Crippen LogP contribution is -2.12. The van der Waals surface area contributed by atoms with Gasteiger partial charge in [-0.2, -0.15) is 13.2 Å². The highest BCUT2D eigenvalue weighted by Gasteiger charge is 2.34. The smallest absolute Gasteiger partial charge is 0.303 e. The number of para-hydroxylation sites is 1. The van der Waals surface area contributed by atoms with Crippen LogP contribution in [0.15, 0.2) is 30.7 Å². The molecule has 90 valence electrons. The Kier molecular flexibility index (Phi) is 2.69. The first-order valence-corrected chi connectivity index (χ1v) is 5.07. The summed E-state index contributed by atoms with van der Waals surface area (Å²) in [4.78, 5) is 3.86. The van der Waals surface area contributed by atoms with Crippen molar-refractivity contribution in [2.45, 2.75) is 20.0 Å². The van der Waals surface area contributed by atoms with Gasteiger partial charge in [0.25, 0.3) is 0 Å². The second-order valence-corrected chi connectivity index (χ2v) is 3.87. The van der Waals surface area contributed by atoms with Crippen LogP contribution in [0.3, 0.4) is 0 Å². The number of hydrogen-bond acceptors (Lipinski definition) is 1. The van der Waals surface area contributed by atoms with Crippen molar-refractivity contribution in [3.63, 3.8) is 0 Å². The van der Waals surface area contributed by atoms with Gasteiger partial charge in [0.2, 0.25) is 0 Å². The van der Waals surface area contributed by atoms with Crippen molar-refractivity contribution >= 4 is 0 Å². The number of benzene rings is 1. The number of imidazole rings is 1. The van der Waals surface area contributed by atoms with Crippen molar-refractivity contribution in [3.05, 3.63) is 47.5 Å². The molecule has 0 aliphatic heterocycles. The summed E-state index contributed by atoms with van der Waals surface area (Å²) in [5.41, 5.74) is 0.749. The summed E-state index contributed by atoms with van der Waals surface area (Å²) in [6.45, 7) is 3.38. The molecule has 0 N–H and O–H groups in total. The second-order valence-electron chi connectivity index (χ2n) is 3.87. The van der Waals surface area contributed by atoms with E-state index in [1.165, 1.54) is 23.2 Å². The predicted octanol–water partition coefficient (Wildman–Crippen LogP) is 3.51. The van der Waals surface area contributed by atoms with Crippen molar-refractivity contribution in [2.75, 3.05) is 0 Å². The Hall–Kier alpha value is -1.78. The molecule has 1 aromatic carbocycles. The number of aromatic nitrogens is 2. The van der Waals surface area contributed by atoms with Crippen LogP contribution in [0.5, 0.6) is 0 Å². The van der Waals surface area contributed by atoms with E-state index in [0.717, 1.165) is 6.07 Å². The fourth-order valence-corrected chi connectivity index (χ4v) is 1.80. The van der Waals surface area contributed by atoms with Gasteiger partial charge in [0.05, 0.1) is 17.6 Å². The van der Waals surface area contributed by atoms with Crippen molar-refractivity contribution in [2.24, 2.45) is 0 Å². The largest absolute Gasteiger partial charge is 0.418 e. The summed E-state index contributed by atoms with van der Waals surface area (Å²) in [5.74, 6) is 0. The molecule has 0 atom stereocenters. The molecule has 0 fully saturated rings. The first-order chi connectivity index (χ1) is 7.91. The summed E-state index contributed by atoms with van der Waals surface area (Å²) < 4.78 is 40.2. The van der Waals surface area contributed by atoms with Crippen LogP contribution in [0.25, 0.3) is 5.69 Å². The quantitative estimate of drug-likeness (QED) is 0.745. The zero-order chi connectivity index (χ0) is 12.6. The van der Waals surface area contributed by atoms with E-state index in [9.17, 15) is 13.2 Å². The van der Waals surface area contributed by atoms with Gasteiger partial charge in [0, 0.05) is 11.9 Å². The summed E-state index contributed by atoms with van der Waals surface area (Å²) >= 11 is 0. The molecular formula is C12H11F3N2. The molecule has 0 bridgehead atoms. The van der Waals surface area contributed by atoms with Gasteiger partial charge in [0.1, 0.15) is 0 Å². The number of alkyl halides is 3. The minimum atomic E-state index is -4.36. The summed E-state index contributed by atoms with van der Waals surface area (Å²) in [5, 5.41) is 0. The van der Waals surface area contributed by atoms with Crippen LogP contribution in [-0.2, 0) is 6.18 Å². The molecule has 0 aliphatic rings. The first-order valence-electron chi connectivity index (χ1n) is 5.07. The molecule has 0 aliphatic carbocycles. The zero-order valence-electron chi connectivity index (χ0n) is 9.42. The number of halogens is 3. The van der Waals surface area contributed by atoms with Gasteiger partial charge in [-0.25, -0.2) is 4.98 Å². The number of aryl methyl sites for hydroxylation is 2. The minimum absolute atomic E-state index is 0.148. The Morgan fingerprint density at radius 1 is 1.18 bits per heavy atom. The van der Waals surface area contributed by atoms with Crippen LogP contribution in [-0.4, -0.2) is 9.55 Å². The van der Waals surface area contributed by atoms with Crippen LogP contribution in [0, 0.1) is 13.8 Å². The van der Waals surface area contributed by atoms with Crippen LogP contribution in [0.2, 0.25) is 0 Å². The Morgan fingerprint density at radius 3 is 2.41 bits per heavy atom. The lowest BCUT2D eigenvalue weighted by atomic mass is 10.1. The summed E-state index contributed by atoms with van der Waals surface area (Å²) in [7, 11) is 0. The lowest BCUT2D eigenvalue weighted by molar-refractivity contribution is -0.137. The van der Waals surface area contributed by atoms with Gasteiger partial charge >= 0.3 is 6.18 Å². The third-order valence-corrected chi connectivity index (χ3v) is 2.61. The van der Waals surface area contributed by atoms with Gasteiger partial charge in [-0.15, -0.1) is 0 Å². The molecule has 2 aromatic rings. The van der Waals surface area contributed by atoms with Crippen molar-refractivity contribution in [1.29, 1.82) is 0 Å². The highest BCUT2D eigenvalue weighted by Crippen LogP contribution is 2.35. The second kappa shape index (κ2) is 3.91. The zero-order valence-corrected chi connectivity index (χ0v) is 9.42. The predicted molar refractivity (Wildman–Crippen MR) is 58.0 cm³/mol. The van der Waals surface area contributed by atoms with Gasteiger partial charge in [-0.3, -0.25) is 0 Å². The Labute approximate surface area is 96.7 Å². The molecule has 0 unspecified atom stereocenters. The molecular weight excluding hydrogens is 229 g/mol. The minimum Gasteiger partial charge on any atom is -0.303 e. The van der Waals surface area contributed by atoms with E-state index >= 15 is 0 Å². The van der Waals surface area contributed by atoms with Crippen molar-refractivity contribution < 1.29 is 13.2 Å².